The van der Waals surface area contributed by atoms with Crippen molar-refractivity contribution >= 4 is 59.5 Å². The molecule has 0 bridgehead atoms. The summed E-state index contributed by atoms with van der Waals surface area (Å²) in [5.74, 6) is 0.101. The van der Waals surface area contributed by atoms with Crippen molar-refractivity contribution in [2.75, 3.05) is 69.9 Å². The summed E-state index contributed by atoms with van der Waals surface area (Å²) < 4.78 is 14.5. The van der Waals surface area contributed by atoms with Crippen molar-refractivity contribution < 1.29 is 122 Å². The van der Waals surface area contributed by atoms with Crippen molar-refractivity contribution in [1.82, 2.24) is 25.5 Å². The topological polar surface area (TPSA) is 187 Å². The fraction of sp³-hybridized carbons (Fsp3) is 0.581. The van der Waals surface area contributed by atoms with Gasteiger partial charge < -0.3 is 46.1 Å². The average Bonchev–Trinajstić information content (AvgIpc) is 2.95. The molecule has 0 atom stereocenters. The van der Waals surface area contributed by atoms with Crippen LogP contribution in [-0.2, 0) is 14.2 Å². The smallest absolute Gasteiger partial charge is 0.410 e. The second-order valence-electron chi connectivity index (χ2n) is 13.0. The van der Waals surface area contributed by atoms with Crippen molar-refractivity contribution in [2.45, 2.75) is 65.1 Å². The minimum absolute atomic E-state index is 0. The van der Waals surface area contributed by atoms with Crippen molar-refractivity contribution in [3.8, 4) is 0 Å². The number of ether oxygens (including phenoxy) is 3. The third-order valence-electron chi connectivity index (χ3n) is 6.92. The molecule has 2 aliphatic rings. The minimum atomic E-state index is -0.517. The number of esters is 2. The predicted octanol–water partition coefficient (Wildman–Crippen LogP) is 3.77. The van der Waals surface area contributed by atoms with Gasteiger partial charge in [0.1, 0.15) is 39.3 Å². The number of nitrogens with one attached hydrogen (secondary N) is 2. The van der Waals surface area contributed by atoms with Crippen LogP contribution in [-0.4, -0.2) is 103 Å². The maximum atomic E-state index is 11.9. The van der Waals surface area contributed by atoms with Gasteiger partial charge in [-0.15, -0.1) is 12.4 Å². The van der Waals surface area contributed by atoms with E-state index in [0.29, 0.717) is 12.1 Å². The Morgan fingerprint density at radius 2 is 1.38 bits per heavy atom. The zero-order valence-electron chi connectivity index (χ0n) is 30.2. The first-order valence-corrected chi connectivity index (χ1v) is 15.2. The van der Waals surface area contributed by atoms with Crippen molar-refractivity contribution in [1.29, 1.82) is 0 Å². The van der Waals surface area contributed by atoms with E-state index in [9.17, 15) is 14.4 Å². The molecule has 1 amide bonds. The number of halogens is 2. The number of aromatic nitrogens is 2. The number of hydrogen-bond donors (Lipinski definition) is 4. The van der Waals surface area contributed by atoms with E-state index in [4.69, 9.17) is 27.8 Å². The Morgan fingerprint density at radius 3 is 1.82 bits per heavy atom. The van der Waals surface area contributed by atoms with Gasteiger partial charge in [-0.25, -0.2) is 24.4 Å². The van der Waals surface area contributed by atoms with Crippen LogP contribution in [0.4, 0.5) is 22.2 Å². The second-order valence-corrected chi connectivity index (χ2v) is 13.4. The summed E-state index contributed by atoms with van der Waals surface area (Å²) in [6.45, 7) is 19.0. The summed E-state index contributed by atoms with van der Waals surface area (Å²) in [5, 5.41) is 6.96. The molecule has 0 unspecified atom stereocenters. The van der Waals surface area contributed by atoms with Gasteiger partial charge >= 0.3 is 18.0 Å². The van der Waals surface area contributed by atoms with Crippen LogP contribution in [0.3, 0.4) is 0 Å². The standard InChI is InChI=1S/C13H20N4O2.C11H22N2O2.C7H7ClN2O2.ClH.3U/c1-13(2)8-17(7-6-15-13)10-5-4-9(11(14)16-10)12(18)19-3;1-10(2,3)15-9(14)13-7-6-12-8-11(13,4)5;1-12-7(11)4-2-3-5(8)10-6(4)9;;;;/h4-5,15H,6-8H2,1-3H3,(H2,14,16);12H,6-8H2,1-5H3;2-3H,1H3,(H2,9,10);1H;;;. The molecule has 276 valence electrons. The van der Waals surface area contributed by atoms with E-state index < -0.39 is 17.5 Å². The van der Waals surface area contributed by atoms with E-state index in [-0.39, 0.29) is 145 Å². The maximum absolute atomic E-state index is 11.9. The zero-order valence-corrected chi connectivity index (χ0v) is 44.3. The summed E-state index contributed by atoms with van der Waals surface area (Å²) in [7, 11) is 2.60. The Bertz CT molecular complexity index is 1390. The van der Waals surface area contributed by atoms with E-state index in [1.807, 2.05) is 40.7 Å². The monoisotopic (exact) mass is 1410 g/mol. The Morgan fingerprint density at radius 1 is 0.860 bits per heavy atom. The molecule has 0 aliphatic carbocycles. The van der Waals surface area contributed by atoms with Crippen LogP contribution >= 0.6 is 24.0 Å². The number of pyridine rings is 2. The maximum Gasteiger partial charge on any atom is 0.410 e. The molecule has 0 spiro atoms. The molecule has 4 heterocycles. The number of rotatable bonds is 3. The van der Waals surface area contributed by atoms with Gasteiger partial charge in [0.15, 0.2) is 0 Å². The average molecular weight is 1420 g/mol. The minimum Gasteiger partial charge on any atom is -0.465 e. The molecule has 50 heavy (non-hydrogen) atoms. The number of amides is 1. The first-order chi connectivity index (χ1) is 21.3. The number of carbonyl (C=O) groups excluding carboxylic acids is 3. The van der Waals surface area contributed by atoms with Crippen LogP contribution in [0.5, 0.6) is 0 Å². The number of piperazine rings is 2. The molecule has 2 aromatic heterocycles. The van der Waals surface area contributed by atoms with Crippen LogP contribution in [0, 0.1) is 93.3 Å². The first kappa shape index (κ1) is 53.9. The third-order valence-corrected chi connectivity index (χ3v) is 7.13. The number of hydrogen-bond acceptors (Lipinski definition) is 13. The van der Waals surface area contributed by atoms with E-state index >= 15 is 0 Å². The normalized spacial score (nSPS) is 15.6. The van der Waals surface area contributed by atoms with Gasteiger partial charge in [-0.05, 0) is 72.7 Å². The van der Waals surface area contributed by atoms with Crippen molar-refractivity contribution in [2.24, 2.45) is 0 Å². The van der Waals surface area contributed by atoms with Gasteiger partial charge in [-0.3, -0.25) is 0 Å². The Hall–Kier alpha value is -0.434. The number of methoxy groups -OCH3 is 2. The fourth-order valence-electron chi connectivity index (χ4n) is 4.63. The zero-order chi connectivity index (χ0) is 34.9. The van der Waals surface area contributed by atoms with Gasteiger partial charge in [0.25, 0.3) is 0 Å². The molecular weight excluding hydrogens is 1370 g/mol. The third kappa shape index (κ3) is 17.6. The largest absolute Gasteiger partial charge is 0.465 e. The SMILES string of the molecule is CC(C)(C)OC(=O)N1CCNCC1(C)C.COC(=O)c1ccc(Cl)nc1N.COC(=O)c1ccc(N2CCNC(C)(C)C2)nc1N.Cl.[U].[U].[U]. The number of nitrogen functional groups attached to an aromatic ring is 2. The van der Waals surface area contributed by atoms with Crippen LogP contribution < -0.4 is 27.0 Å². The van der Waals surface area contributed by atoms with Crippen molar-refractivity contribution in [3.63, 3.8) is 0 Å². The van der Waals surface area contributed by atoms with Crippen LogP contribution in [0.2, 0.25) is 5.15 Å². The quantitative estimate of drug-likeness (QED) is 0.198. The molecule has 2 aromatic rings. The molecule has 2 saturated heterocycles. The predicted molar refractivity (Wildman–Crippen MR) is 186 cm³/mol. The molecule has 19 heteroatoms. The molecule has 14 nitrogen and oxygen atoms in total. The summed E-state index contributed by atoms with van der Waals surface area (Å²) in [5.41, 5.74) is 11.2. The van der Waals surface area contributed by atoms with E-state index in [2.05, 4.69) is 48.8 Å². The van der Waals surface area contributed by atoms with E-state index in [1.54, 1.807) is 11.0 Å². The molecular formula is C31H50Cl2N8O6U3. The first-order valence-electron chi connectivity index (χ1n) is 14.9. The summed E-state index contributed by atoms with van der Waals surface area (Å²) in [6, 6.07) is 6.42. The molecule has 2 aliphatic heterocycles. The molecule has 0 saturated carbocycles. The molecule has 0 radical (unpaired) electrons. The molecule has 0 aromatic carbocycles. The van der Waals surface area contributed by atoms with Gasteiger partial charge in [0.2, 0.25) is 0 Å². The van der Waals surface area contributed by atoms with Crippen LogP contribution in [0.25, 0.3) is 0 Å². The molecule has 2 fully saturated rings. The van der Waals surface area contributed by atoms with Gasteiger partial charge in [-0.2, -0.15) is 0 Å². The summed E-state index contributed by atoms with van der Waals surface area (Å²) in [6.07, 6.45) is -0.214. The van der Waals surface area contributed by atoms with Gasteiger partial charge in [-0.1, -0.05) is 11.6 Å². The number of nitrogens with zero attached hydrogens (tertiary/aromatic N) is 4. The second kappa shape index (κ2) is 24.1. The fourth-order valence-corrected chi connectivity index (χ4v) is 4.79. The Kier molecular flexibility index (Phi) is 26.0. The van der Waals surface area contributed by atoms with E-state index in [0.717, 1.165) is 38.5 Å². The summed E-state index contributed by atoms with van der Waals surface area (Å²) in [4.78, 5) is 46.3. The van der Waals surface area contributed by atoms with Gasteiger partial charge in [0, 0.05) is 138 Å². The number of carbonyl (C=O) groups is 3. The number of anilines is 3. The van der Waals surface area contributed by atoms with Gasteiger partial charge in [0.05, 0.1) is 19.8 Å². The summed E-state index contributed by atoms with van der Waals surface area (Å²) >= 11 is 5.52. The molecule has 4 rings (SSSR count). The Balaban J connectivity index is -0.000000653. The van der Waals surface area contributed by atoms with Crippen molar-refractivity contribution in [3.05, 3.63) is 40.5 Å². The van der Waals surface area contributed by atoms with Crippen LogP contribution in [0.1, 0.15) is 69.2 Å². The number of nitrogens with two attached hydrogens (primary N) is 2. The molecule has 6 N–H and O–H groups in total. The van der Waals surface area contributed by atoms with Crippen LogP contribution in [0.15, 0.2) is 24.3 Å². The van der Waals surface area contributed by atoms with E-state index in [1.165, 1.54) is 26.4 Å². The Labute approximate surface area is 378 Å².